The second kappa shape index (κ2) is 8.46. The molecule has 0 amide bonds. The molecule has 1 N–H and O–H groups in total. The van der Waals surface area contributed by atoms with E-state index in [1.807, 2.05) is 7.05 Å². The first-order chi connectivity index (χ1) is 9.22. The lowest BCUT2D eigenvalue weighted by Gasteiger charge is -2.22. The smallest absolute Gasteiger partial charge is 0.198 e. The third-order valence-corrected chi connectivity index (χ3v) is 3.42. The number of rotatable bonds is 4. The number of nitrogens with zero attached hydrogens (tertiary/aromatic N) is 3. The summed E-state index contributed by atoms with van der Waals surface area (Å²) in [5.74, 6) is 0.990. The maximum absolute atomic E-state index is 4.40. The lowest BCUT2D eigenvalue weighted by atomic mass is 10.2. The van der Waals surface area contributed by atoms with Gasteiger partial charge in [-0.05, 0) is 45.1 Å². The van der Waals surface area contributed by atoms with E-state index >= 15 is 0 Å². The molecule has 1 aromatic rings. The third kappa shape index (κ3) is 4.34. The van der Waals surface area contributed by atoms with Crippen molar-refractivity contribution in [2.45, 2.75) is 12.8 Å². The molecule has 2 rings (SSSR count). The molecule has 0 saturated carbocycles. The molecule has 0 bridgehead atoms. The van der Waals surface area contributed by atoms with Crippen LogP contribution in [0.4, 0.5) is 5.69 Å². The molecule has 5 heteroatoms. The maximum atomic E-state index is 4.40. The second-order valence-corrected chi connectivity index (χ2v) is 5.16. The number of hydrogen-bond donors (Lipinski definition) is 1. The van der Waals surface area contributed by atoms with Crippen molar-refractivity contribution in [1.82, 2.24) is 10.2 Å². The summed E-state index contributed by atoms with van der Waals surface area (Å²) in [7, 11) is 6.06. The Labute approximate surface area is 139 Å². The van der Waals surface area contributed by atoms with Gasteiger partial charge < -0.3 is 15.1 Å². The molecule has 0 aliphatic carbocycles. The first-order valence-electron chi connectivity index (χ1n) is 6.93. The van der Waals surface area contributed by atoms with Crippen molar-refractivity contribution in [2.24, 2.45) is 4.99 Å². The van der Waals surface area contributed by atoms with Crippen LogP contribution in [0.25, 0.3) is 0 Å². The quantitative estimate of drug-likeness (QED) is 0.371. The predicted octanol–water partition coefficient (Wildman–Crippen LogP) is 2.19. The molecule has 0 saturated heterocycles. The molecule has 1 heterocycles. The van der Waals surface area contributed by atoms with Crippen molar-refractivity contribution in [3.05, 3.63) is 29.8 Å². The SMILES string of the molecule is CN=C(NCCCN(C)C)N1CCc2ccccc21.I. The monoisotopic (exact) mass is 388 g/mol. The first kappa shape index (κ1) is 17.2. The van der Waals surface area contributed by atoms with E-state index in [9.17, 15) is 0 Å². The van der Waals surface area contributed by atoms with Crippen LogP contribution in [-0.4, -0.2) is 51.6 Å². The van der Waals surface area contributed by atoms with Crippen LogP contribution < -0.4 is 10.2 Å². The maximum Gasteiger partial charge on any atom is 0.198 e. The summed E-state index contributed by atoms with van der Waals surface area (Å²) in [5.41, 5.74) is 2.71. The Balaban J connectivity index is 0.00000200. The van der Waals surface area contributed by atoms with Gasteiger partial charge in [-0.25, -0.2) is 0 Å². The fourth-order valence-electron chi connectivity index (χ4n) is 2.45. The van der Waals surface area contributed by atoms with Crippen LogP contribution in [0.5, 0.6) is 0 Å². The van der Waals surface area contributed by atoms with Gasteiger partial charge in [-0.2, -0.15) is 0 Å². The van der Waals surface area contributed by atoms with E-state index in [2.05, 4.69) is 58.5 Å². The molecule has 1 aliphatic rings. The Hall–Kier alpha value is -0.820. The van der Waals surface area contributed by atoms with Crippen molar-refractivity contribution in [3.8, 4) is 0 Å². The van der Waals surface area contributed by atoms with Gasteiger partial charge in [0.1, 0.15) is 0 Å². The molecule has 20 heavy (non-hydrogen) atoms. The summed E-state index contributed by atoms with van der Waals surface area (Å²) in [6.45, 7) is 3.08. The number of nitrogens with one attached hydrogen (secondary N) is 1. The summed E-state index contributed by atoms with van der Waals surface area (Å²) in [4.78, 5) is 8.89. The average Bonchev–Trinajstić information content (AvgIpc) is 2.83. The van der Waals surface area contributed by atoms with Crippen molar-refractivity contribution >= 4 is 35.6 Å². The Kier molecular flexibility index (Phi) is 7.29. The number of fused-ring (bicyclic) bond motifs is 1. The van der Waals surface area contributed by atoms with Crippen LogP contribution >= 0.6 is 24.0 Å². The van der Waals surface area contributed by atoms with E-state index in [0.29, 0.717) is 0 Å². The standard InChI is InChI=1S/C15H24N4.HI/c1-16-15(17-10-6-11-18(2)3)19-12-9-13-7-4-5-8-14(13)19;/h4-5,7-8H,6,9-12H2,1-3H3,(H,16,17);1H. The van der Waals surface area contributed by atoms with Crippen molar-refractivity contribution < 1.29 is 0 Å². The van der Waals surface area contributed by atoms with Crippen LogP contribution in [0.2, 0.25) is 0 Å². The van der Waals surface area contributed by atoms with E-state index in [-0.39, 0.29) is 24.0 Å². The average molecular weight is 388 g/mol. The Morgan fingerprint density at radius 1 is 1.35 bits per heavy atom. The van der Waals surface area contributed by atoms with Gasteiger partial charge in [0.05, 0.1) is 0 Å². The van der Waals surface area contributed by atoms with E-state index in [0.717, 1.165) is 38.4 Å². The highest BCUT2D eigenvalue weighted by molar-refractivity contribution is 14.0. The van der Waals surface area contributed by atoms with E-state index in [1.165, 1.54) is 11.3 Å². The number of halogens is 1. The molecule has 1 aromatic carbocycles. The van der Waals surface area contributed by atoms with Gasteiger partial charge in [0.25, 0.3) is 0 Å². The summed E-state index contributed by atoms with van der Waals surface area (Å²) in [5, 5.41) is 3.46. The van der Waals surface area contributed by atoms with Gasteiger partial charge >= 0.3 is 0 Å². The molecule has 0 fully saturated rings. The van der Waals surface area contributed by atoms with Crippen LogP contribution in [0.3, 0.4) is 0 Å². The van der Waals surface area contributed by atoms with Gasteiger partial charge in [-0.1, -0.05) is 18.2 Å². The summed E-state index contributed by atoms with van der Waals surface area (Å²) in [6.07, 6.45) is 2.23. The fraction of sp³-hybridized carbons (Fsp3) is 0.533. The molecular formula is C15H25IN4. The van der Waals surface area contributed by atoms with Crippen LogP contribution in [0, 0.1) is 0 Å². The van der Waals surface area contributed by atoms with Gasteiger partial charge in [-0.3, -0.25) is 4.99 Å². The topological polar surface area (TPSA) is 30.9 Å². The summed E-state index contributed by atoms with van der Waals surface area (Å²) < 4.78 is 0. The molecule has 0 aromatic heterocycles. The third-order valence-electron chi connectivity index (χ3n) is 3.42. The second-order valence-electron chi connectivity index (χ2n) is 5.16. The minimum Gasteiger partial charge on any atom is -0.356 e. The number of anilines is 1. The Morgan fingerprint density at radius 3 is 2.80 bits per heavy atom. The van der Waals surface area contributed by atoms with E-state index in [1.54, 1.807) is 0 Å². The minimum absolute atomic E-state index is 0. The number of guanidine groups is 1. The normalized spacial score (nSPS) is 14.2. The Morgan fingerprint density at radius 2 is 2.10 bits per heavy atom. The summed E-state index contributed by atoms with van der Waals surface area (Å²) in [6, 6.07) is 8.58. The molecule has 112 valence electrons. The molecular weight excluding hydrogens is 363 g/mol. The van der Waals surface area contributed by atoms with Crippen molar-refractivity contribution in [3.63, 3.8) is 0 Å². The number of para-hydroxylation sites is 1. The van der Waals surface area contributed by atoms with Gasteiger partial charge in [0, 0.05) is 25.8 Å². The zero-order valence-corrected chi connectivity index (χ0v) is 14.9. The lowest BCUT2D eigenvalue weighted by Crippen LogP contribution is -2.41. The highest BCUT2D eigenvalue weighted by Crippen LogP contribution is 2.27. The minimum atomic E-state index is 0. The zero-order chi connectivity index (χ0) is 13.7. The van der Waals surface area contributed by atoms with Crippen LogP contribution in [0.1, 0.15) is 12.0 Å². The van der Waals surface area contributed by atoms with Gasteiger partial charge in [-0.15, -0.1) is 24.0 Å². The Bertz CT molecular complexity index is 445. The van der Waals surface area contributed by atoms with Gasteiger partial charge in [0.15, 0.2) is 5.96 Å². The highest BCUT2D eigenvalue weighted by Gasteiger charge is 2.21. The predicted molar refractivity (Wildman–Crippen MR) is 97.4 cm³/mol. The zero-order valence-electron chi connectivity index (χ0n) is 12.6. The van der Waals surface area contributed by atoms with Crippen molar-refractivity contribution in [2.75, 3.05) is 45.7 Å². The van der Waals surface area contributed by atoms with E-state index < -0.39 is 0 Å². The van der Waals surface area contributed by atoms with Crippen molar-refractivity contribution in [1.29, 1.82) is 0 Å². The number of benzene rings is 1. The fourth-order valence-corrected chi connectivity index (χ4v) is 2.45. The number of hydrogen-bond acceptors (Lipinski definition) is 2. The molecule has 0 radical (unpaired) electrons. The van der Waals surface area contributed by atoms with Crippen LogP contribution in [-0.2, 0) is 6.42 Å². The molecule has 0 atom stereocenters. The molecule has 4 nitrogen and oxygen atoms in total. The lowest BCUT2D eigenvalue weighted by molar-refractivity contribution is 0.400. The molecule has 1 aliphatic heterocycles. The first-order valence-corrected chi connectivity index (χ1v) is 6.93. The largest absolute Gasteiger partial charge is 0.356 e. The summed E-state index contributed by atoms with van der Waals surface area (Å²) >= 11 is 0. The molecule has 0 spiro atoms. The molecule has 0 unspecified atom stereocenters. The number of aliphatic imine (C=N–C) groups is 1. The highest BCUT2D eigenvalue weighted by atomic mass is 127. The van der Waals surface area contributed by atoms with Gasteiger partial charge in [0.2, 0.25) is 0 Å². The van der Waals surface area contributed by atoms with E-state index in [4.69, 9.17) is 0 Å². The van der Waals surface area contributed by atoms with Crippen LogP contribution in [0.15, 0.2) is 29.3 Å².